The molecule has 0 amide bonds. The normalized spacial score (nSPS) is 10.5. The second kappa shape index (κ2) is 8.91. The molecule has 0 saturated heterocycles. The monoisotopic (exact) mass is 415 g/mol. The fourth-order valence-electron chi connectivity index (χ4n) is 2.91. The average molecular weight is 416 g/mol. The number of hydrogen-bond acceptors (Lipinski definition) is 6. The van der Waals surface area contributed by atoms with E-state index in [0.29, 0.717) is 11.3 Å². The number of benzene rings is 2. The Hall–Kier alpha value is -3.14. The number of ether oxygens (including phenoxy) is 1. The topological polar surface area (TPSA) is 58.8 Å². The van der Waals surface area contributed by atoms with Crippen LogP contribution in [0.4, 0.5) is 0 Å². The number of nitriles is 1. The number of hydrogen-bond donors (Lipinski definition) is 0. The first kappa shape index (κ1) is 19.2. The van der Waals surface area contributed by atoms with E-state index in [1.54, 1.807) is 36.4 Å². The van der Waals surface area contributed by atoms with Crippen molar-refractivity contribution in [2.45, 2.75) is 10.8 Å². The van der Waals surface area contributed by atoms with Gasteiger partial charge in [-0.1, -0.05) is 30.3 Å². The van der Waals surface area contributed by atoms with Gasteiger partial charge in [0.2, 0.25) is 0 Å². The van der Waals surface area contributed by atoms with Gasteiger partial charge >= 0.3 is 0 Å². The third kappa shape index (κ3) is 4.32. The SMILES string of the molecule is COc1ccccc1-c1csc(-c2ccnc(SCc3ccccc3C#N)c2)n1. The number of para-hydroxylation sites is 1. The molecule has 0 aliphatic carbocycles. The zero-order valence-electron chi connectivity index (χ0n) is 15.7. The van der Waals surface area contributed by atoms with Crippen LogP contribution in [0.2, 0.25) is 0 Å². The predicted octanol–water partition coefficient (Wildman–Crippen LogP) is 6.04. The van der Waals surface area contributed by atoms with Crippen molar-refractivity contribution in [2.24, 2.45) is 0 Å². The minimum atomic E-state index is 0.699. The number of nitrogens with zero attached hydrogens (tertiary/aromatic N) is 3. The van der Waals surface area contributed by atoms with E-state index < -0.39 is 0 Å². The van der Waals surface area contributed by atoms with Crippen LogP contribution in [-0.2, 0) is 5.75 Å². The van der Waals surface area contributed by atoms with Gasteiger partial charge in [0, 0.05) is 28.5 Å². The molecule has 142 valence electrons. The van der Waals surface area contributed by atoms with E-state index in [-0.39, 0.29) is 0 Å². The van der Waals surface area contributed by atoms with E-state index in [1.807, 2.05) is 66.0 Å². The maximum absolute atomic E-state index is 9.25. The van der Waals surface area contributed by atoms with Crippen molar-refractivity contribution in [1.29, 1.82) is 5.26 Å². The van der Waals surface area contributed by atoms with Gasteiger partial charge in [-0.3, -0.25) is 0 Å². The van der Waals surface area contributed by atoms with Gasteiger partial charge in [-0.05, 0) is 35.9 Å². The molecule has 0 N–H and O–H groups in total. The summed E-state index contributed by atoms with van der Waals surface area (Å²) in [5, 5.41) is 13.1. The number of pyridine rings is 1. The first-order valence-corrected chi connectivity index (χ1v) is 10.8. The average Bonchev–Trinajstić information content (AvgIpc) is 3.28. The van der Waals surface area contributed by atoms with Crippen LogP contribution in [0.15, 0.2) is 77.3 Å². The van der Waals surface area contributed by atoms with Gasteiger partial charge in [0.05, 0.1) is 29.5 Å². The van der Waals surface area contributed by atoms with E-state index in [0.717, 1.165) is 38.2 Å². The summed E-state index contributed by atoms with van der Waals surface area (Å²) in [6, 6.07) is 21.8. The van der Waals surface area contributed by atoms with E-state index in [9.17, 15) is 5.26 Å². The Kier molecular flexibility index (Phi) is 5.89. The van der Waals surface area contributed by atoms with E-state index in [2.05, 4.69) is 11.1 Å². The predicted molar refractivity (Wildman–Crippen MR) is 118 cm³/mol. The van der Waals surface area contributed by atoms with Gasteiger partial charge in [0.25, 0.3) is 0 Å². The van der Waals surface area contributed by atoms with Crippen LogP contribution < -0.4 is 4.74 Å². The first-order valence-electron chi connectivity index (χ1n) is 8.94. The maximum atomic E-state index is 9.25. The lowest BCUT2D eigenvalue weighted by atomic mass is 10.1. The van der Waals surface area contributed by atoms with Gasteiger partial charge in [-0.15, -0.1) is 23.1 Å². The molecule has 0 aliphatic heterocycles. The van der Waals surface area contributed by atoms with Crippen LogP contribution in [-0.4, -0.2) is 17.1 Å². The number of aromatic nitrogens is 2. The molecule has 2 aromatic carbocycles. The highest BCUT2D eigenvalue weighted by Gasteiger charge is 2.11. The number of thioether (sulfide) groups is 1. The Morgan fingerprint density at radius 2 is 1.93 bits per heavy atom. The third-order valence-corrected chi connectivity index (χ3v) is 6.25. The number of thiazole rings is 1. The lowest BCUT2D eigenvalue weighted by Crippen LogP contribution is -1.89. The maximum Gasteiger partial charge on any atom is 0.128 e. The van der Waals surface area contributed by atoms with Crippen molar-refractivity contribution >= 4 is 23.1 Å². The van der Waals surface area contributed by atoms with Gasteiger partial charge < -0.3 is 4.74 Å². The Morgan fingerprint density at radius 3 is 2.79 bits per heavy atom. The second-order valence-corrected chi connectivity index (χ2v) is 8.03. The molecule has 0 bridgehead atoms. The van der Waals surface area contributed by atoms with Crippen molar-refractivity contribution in [2.75, 3.05) is 7.11 Å². The molecule has 2 heterocycles. The lowest BCUT2D eigenvalue weighted by molar-refractivity contribution is 0.416. The van der Waals surface area contributed by atoms with Crippen molar-refractivity contribution in [3.05, 3.63) is 83.4 Å². The summed E-state index contributed by atoms with van der Waals surface area (Å²) < 4.78 is 5.46. The van der Waals surface area contributed by atoms with Gasteiger partial charge in [-0.25, -0.2) is 9.97 Å². The van der Waals surface area contributed by atoms with E-state index in [4.69, 9.17) is 9.72 Å². The van der Waals surface area contributed by atoms with Crippen molar-refractivity contribution in [3.8, 4) is 33.6 Å². The minimum absolute atomic E-state index is 0.699. The summed E-state index contributed by atoms with van der Waals surface area (Å²) in [5.41, 5.74) is 4.63. The Morgan fingerprint density at radius 1 is 1.10 bits per heavy atom. The molecule has 4 nitrogen and oxygen atoms in total. The molecule has 6 heteroatoms. The fraction of sp³-hybridized carbons (Fsp3) is 0.0870. The molecule has 0 saturated carbocycles. The smallest absolute Gasteiger partial charge is 0.128 e. The largest absolute Gasteiger partial charge is 0.496 e. The molecular weight excluding hydrogens is 398 g/mol. The minimum Gasteiger partial charge on any atom is -0.496 e. The van der Waals surface area contributed by atoms with Crippen LogP contribution in [0.25, 0.3) is 21.8 Å². The molecule has 29 heavy (non-hydrogen) atoms. The highest BCUT2D eigenvalue weighted by molar-refractivity contribution is 7.98. The summed E-state index contributed by atoms with van der Waals surface area (Å²) in [6.07, 6.45) is 1.80. The van der Waals surface area contributed by atoms with Crippen molar-refractivity contribution in [3.63, 3.8) is 0 Å². The van der Waals surface area contributed by atoms with E-state index in [1.165, 1.54) is 0 Å². The van der Waals surface area contributed by atoms with Crippen LogP contribution in [0, 0.1) is 11.3 Å². The van der Waals surface area contributed by atoms with Crippen molar-refractivity contribution in [1.82, 2.24) is 9.97 Å². The fourth-order valence-corrected chi connectivity index (χ4v) is 4.63. The molecule has 0 atom stereocenters. The highest BCUT2D eigenvalue weighted by atomic mass is 32.2. The summed E-state index contributed by atoms with van der Waals surface area (Å²) in [6.45, 7) is 0. The standard InChI is InChI=1S/C23H17N3OS2/c1-27-21-9-5-4-8-19(21)20-15-29-23(26-20)16-10-11-25-22(12-16)28-14-18-7-3-2-6-17(18)13-24/h2-12,15H,14H2,1H3. The molecule has 0 spiro atoms. The van der Waals surface area contributed by atoms with Gasteiger partial charge in [0.15, 0.2) is 0 Å². The molecule has 4 aromatic rings. The molecular formula is C23H17N3OS2. The quantitative estimate of drug-likeness (QED) is 0.359. The van der Waals surface area contributed by atoms with Gasteiger partial charge in [-0.2, -0.15) is 5.26 Å². The van der Waals surface area contributed by atoms with Gasteiger partial charge in [0.1, 0.15) is 10.8 Å². The van der Waals surface area contributed by atoms with Crippen LogP contribution in [0.1, 0.15) is 11.1 Å². The van der Waals surface area contributed by atoms with Crippen LogP contribution >= 0.6 is 23.1 Å². The number of methoxy groups -OCH3 is 1. The third-order valence-electron chi connectivity index (χ3n) is 4.38. The Labute approximate surface area is 177 Å². The summed E-state index contributed by atoms with van der Waals surface area (Å²) in [5.74, 6) is 1.51. The van der Waals surface area contributed by atoms with Crippen LogP contribution in [0.5, 0.6) is 5.75 Å². The van der Waals surface area contributed by atoms with E-state index >= 15 is 0 Å². The number of rotatable bonds is 6. The Balaban J connectivity index is 1.55. The molecule has 0 radical (unpaired) electrons. The summed E-state index contributed by atoms with van der Waals surface area (Å²) >= 11 is 3.21. The molecule has 0 aliphatic rings. The van der Waals surface area contributed by atoms with Crippen LogP contribution in [0.3, 0.4) is 0 Å². The Bertz CT molecular complexity index is 1180. The molecule has 4 rings (SSSR count). The molecule has 2 aromatic heterocycles. The molecule has 0 unspecified atom stereocenters. The molecule has 0 fully saturated rings. The zero-order valence-corrected chi connectivity index (χ0v) is 17.3. The summed E-state index contributed by atoms with van der Waals surface area (Å²) in [4.78, 5) is 9.27. The second-order valence-electron chi connectivity index (χ2n) is 6.18. The highest BCUT2D eigenvalue weighted by Crippen LogP contribution is 2.34. The summed E-state index contributed by atoms with van der Waals surface area (Å²) in [7, 11) is 1.67. The zero-order chi connectivity index (χ0) is 20.1. The lowest BCUT2D eigenvalue weighted by Gasteiger charge is -2.05. The first-order chi connectivity index (χ1) is 14.3. The van der Waals surface area contributed by atoms with Crippen molar-refractivity contribution < 1.29 is 4.74 Å².